The zero-order chi connectivity index (χ0) is 16.5. The summed E-state index contributed by atoms with van der Waals surface area (Å²) in [5, 5.41) is 10.8. The highest BCUT2D eigenvalue weighted by Crippen LogP contribution is 2.22. The Labute approximate surface area is 141 Å². The number of nitrogens with zero attached hydrogens (tertiary/aromatic N) is 4. The summed E-state index contributed by atoms with van der Waals surface area (Å²) < 4.78 is 1.88. The lowest BCUT2D eigenvalue weighted by Crippen LogP contribution is -2.56. The summed E-state index contributed by atoms with van der Waals surface area (Å²) in [5.41, 5.74) is 4.38. The molecule has 2 aromatic heterocycles. The van der Waals surface area contributed by atoms with E-state index in [4.69, 9.17) is 0 Å². The van der Waals surface area contributed by atoms with E-state index in [1.807, 2.05) is 30.7 Å². The Morgan fingerprint density at radius 1 is 1.08 bits per heavy atom. The van der Waals surface area contributed by atoms with E-state index in [0.717, 1.165) is 36.5 Å². The average Bonchev–Trinajstić information content (AvgIpc) is 3.01. The Balaban J connectivity index is 1.56. The molecule has 24 heavy (non-hydrogen) atoms. The molecule has 0 atom stereocenters. The van der Waals surface area contributed by atoms with Crippen LogP contribution >= 0.6 is 0 Å². The summed E-state index contributed by atoms with van der Waals surface area (Å²) in [4.78, 5) is 6.89. The number of anilines is 1. The van der Waals surface area contributed by atoms with Gasteiger partial charge in [-0.05, 0) is 24.7 Å². The Bertz CT molecular complexity index is 832. The van der Waals surface area contributed by atoms with Crippen LogP contribution < -0.4 is 10.6 Å². The molecule has 3 aromatic rings. The first kappa shape index (κ1) is 15.1. The standard InChI is InChI=1S/C18H22N6/c1-19-15-11-23(12-15)10-13-6-8-14(9-7-13)16-4-3-5-17-21-18(20-2)22-24(16)17/h3-9,15,19H,10-12H2,1-2H3,(H,20,22). The predicted molar refractivity (Wildman–Crippen MR) is 96.1 cm³/mol. The number of hydrogen-bond donors (Lipinski definition) is 2. The number of pyridine rings is 1. The normalized spacial score (nSPS) is 15.6. The molecule has 0 saturated carbocycles. The molecule has 2 N–H and O–H groups in total. The lowest BCUT2D eigenvalue weighted by molar-refractivity contribution is 0.124. The van der Waals surface area contributed by atoms with E-state index < -0.39 is 0 Å². The van der Waals surface area contributed by atoms with E-state index in [2.05, 4.69) is 55.9 Å². The molecule has 1 aliphatic heterocycles. The fourth-order valence-electron chi connectivity index (χ4n) is 3.15. The molecule has 0 radical (unpaired) electrons. The van der Waals surface area contributed by atoms with Gasteiger partial charge in [0.25, 0.3) is 0 Å². The van der Waals surface area contributed by atoms with Gasteiger partial charge in [-0.25, -0.2) is 4.52 Å². The van der Waals surface area contributed by atoms with Crippen molar-refractivity contribution in [3.8, 4) is 11.3 Å². The van der Waals surface area contributed by atoms with Gasteiger partial charge in [0.1, 0.15) is 0 Å². The number of fused-ring (bicyclic) bond motifs is 1. The maximum absolute atomic E-state index is 4.50. The van der Waals surface area contributed by atoms with Crippen LogP contribution in [0.15, 0.2) is 42.5 Å². The Morgan fingerprint density at radius 2 is 1.88 bits per heavy atom. The van der Waals surface area contributed by atoms with Crippen LogP contribution in [0.1, 0.15) is 5.56 Å². The third kappa shape index (κ3) is 2.74. The number of hydrogen-bond acceptors (Lipinski definition) is 5. The van der Waals surface area contributed by atoms with Crippen LogP contribution in [0.3, 0.4) is 0 Å². The van der Waals surface area contributed by atoms with Crippen LogP contribution in [0.25, 0.3) is 16.9 Å². The molecule has 0 amide bonds. The number of aromatic nitrogens is 3. The van der Waals surface area contributed by atoms with Crippen molar-refractivity contribution in [3.63, 3.8) is 0 Å². The zero-order valence-corrected chi connectivity index (χ0v) is 14.0. The maximum atomic E-state index is 4.50. The van der Waals surface area contributed by atoms with Gasteiger partial charge < -0.3 is 10.6 Å². The monoisotopic (exact) mass is 322 g/mol. The highest BCUT2D eigenvalue weighted by Gasteiger charge is 2.24. The van der Waals surface area contributed by atoms with Gasteiger partial charge in [0.2, 0.25) is 5.95 Å². The molecule has 0 aliphatic carbocycles. The quantitative estimate of drug-likeness (QED) is 0.751. The van der Waals surface area contributed by atoms with Gasteiger partial charge in [-0.1, -0.05) is 30.3 Å². The Kier molecular flexibility index (Phi) is 3.92. The smallest absolute Gasteiger partial charge is 0.242 e. The second-order valence-electron chi connectivity index (χ2n) is 6.24. The SMILES string of the molecule is CNc1nc2cccc(-c3ccc(CN4CC(NC)C4)cc3)n2n1. The van der Waals surface area contributed by atoms with Crippen molar-refractivity contribution >= 4 is 11.6 Å². The lowest BCUT2D eigenvalue weighted by atomic mass is 10.1. The van der Waals surface area contributed by atoms with Crippen molar-refractivity contribution in [2.75, 3.05) is 32.5 Å². The second kappa shape index (κ2) is 6.22. The van der Waals surface area contributed by atoms with Gasteiger partial charge in [0.05, 0.1) is 5.69 Å². The summed E-state index contributed by atoms with van der Waals surface area (Å²) in [6, 6.07) is 15.4. The minimum Gasteiger partial charge on any atom is -0.356 e. The summed E-state index contributed by atoms with van der Waals surface area (Å²) in [7, 11) is 3.86. The highest BCUT2D eigenvalue weighted by atomic mass is 15.3. The number of rotatable bonds is 5. The molecule has 0 bridgehead atoms. The highest BCUT2D eigenvalue weighted by molar-refractivity contribution is 5.64. The van der Waals surface area contributed by atoms with Crippen molar-refractivity contribution in [2.45, 2.75) is 12.6 Å². The minimum absolute atomic E-state index is 0.635. The Hall–Kier alpha value is -2.44. The molecule has 1 aliphatic rings. The van der Waals surface area contributed by atoms with Gasteiger partial charge >= 0.3 is 0 Å². The molecule has 1 aromatic carbocycles. The predicted octanol–water partition coefficient (Wildman–Crippen LogP) is 1.84. The second-order valence-corrected chi connectivity index (χ2v) is 6.24. The number of likely N-dealkylation sites (N-methyl/N-ethyl adjacent to an activating group) is 1. The molecule has 6 heteroatoms. The summed E-state index contributed by atoms with van der Waals surface area (Å²) in [5.74, 6) is 0.635. The van der Waals surface area contributed by atoms with Crippen LogP contribution in [-0.2, 0) is 6.54 Å². The van der Waals surface area contributed by atoms with Crippen molar-refractivity contribution in [1.29, 1.82) is 0 Å². The molecule has 1 saturated heterocycles. The van der Waals surface area contributed by atoms with Gasteiger partial charge in [-0.3, -0.25) is 4.90 Å². The first-order valence-corrected chi connectivity index (χ1v) is 8.29. The molecule has 124 valence electrons. The van der Waals surface area contributed by atoms with E-state index in [1.54, 1.807) is 0 Å². The molecule has 0 spiro atoms. The molecule has 1 fully saturated rings. The summed E-state index contributed by atoms with van der Waals surface area (Å²) >= 11 is 0. The van der Waals surface area contributed by atoms with Crippen LogP contribution in [0, 0.1) is 0 Å². The van der Waals surface area contributed by atoms with E-state index in [1.165, 1.54) is 5.56 Å². The third-order valence-electron chi connectivity index (χ3n) is 4.60. The molecular weight excluding hydrogens is 300 g/mol. The van der Waals surface area contributed by atoms with E-state index in [-0.39, 0.29) is 0 Å². The summed E-state index contributed by atoms with van der Waals surface area (Å²) in [6.45, 7) is 3.27. The molecule has 3 heterocycles. The van der Waals surface area contributed by atoms with Crippen molar-refractivity contribution in [1.82, 2.24) is 24.8 Å². The fraction of sp³-hybridized carbons (Fsp3) is 0.333. The maximum Gasteiger partial charge on any atom is 0.242 e. The van der Waals surface area contributed by atoms with Gasteiger partial charge in [0.15, 0.2) is 5.65 Å². The van der Waals surface area contributed by atoms with Gasteiger partial charge in [-0.2, -0.15) is 4.98 Å². The topological polar surface area (TPSA) is 57.5 Å². The molecule has 0 unspecified atom stereocenters. The van der Waals surface area contributed by atoms with Crippen LogP contribution in [-0.4, -0.2) is 52.7 Å². The number of nitrogens with one attached hydrogen (secondary N) is 2. The van der Waals surface area contributed by atoms with Crippen molar-refractivity contribution in [3.05, 3.63) is 48.0 Å². The Morgan fingerprint density at radius 3 is 2.58 bits per heavy atom. The molecular formula is C18H22N6. The van der Waals surface area contributed by atoms with Crippen LogP contribution in [0.2, 0.25) is 0 Å². The molecule has 4 rings (SSSR count). The van der Waals surface area contributed by atoms with Crippen molar-refractivity contribution < 1.29 is 0 Å². The van der Waals surface area contributed by atoms with E-state index in [0.29, 0.717) is 12.0 Å². The first-order chi connectivity index (χ1) is 11.8. The third-order valence-corrected chi connectivity index (χ3v) is 4.60. The largest absolute Gasteiger partial charge is 0.356 e. The fourth-order valence-corrected chi connectivity index (χ4v) is 3.15. The zero-order valence-electron chi connectivity index (χ0n) is 14.0. The van der Waals surface area contributed by atoms with Gasteiger partial charge in [-0.15, -0.1) is 5.10 Å². The van der Waals surface area contributed by atoms with Crippen molar-refractivity contribution in [2.24, 2.45) is 0 Å². The average molecular weight is 322 g/mol. The van der Waals surface area contributed by atoms with Crippen LogP contribution in [0.5, 0.6) is 0 Å². The minimum atomic E-state index is 0.635. The lowest BCUT2D eigenvalue weighted by Gasteiger charge is -2.39. The van der Waals surface area contributed by atoms with Gasteiger partial charge in [0, 0.05) is 38.3 Å². The number of likely N-dealkylation sites (tertiary alicyclic amines) is 1. The summed E-state index contributed by atoms with van der Waals surface area (Å²) in [6.07, 6.45) is 0. The van der Waals surface area contributed by atoms with E-state index in [9.17, 15) is 0 Å². The molecule has 6 nitrogen and oxygen atoms in total. The van der Waals surface area contributed by atoms with E-state index >= 15 is 0 Å². The van der Waals surface area contributed by atoms with Crippen LogP contribution in [0.4, 0.5) is 5.95 Å². The first-order valence-electron chi connectivity index (χ1n) is 8.29. The number of benzene rings is 1.